The lowest BCUT2D eigenvalue weighted by molar-refractivity contribution is -0.133. The van der Waals surface area contributed by atoms with Crippen molar-refractivity contribution in [2.45, 2.75) is 49.6 Å². The number of ether oxygens (including phenoxy) is 1. The molecule has 1 aromatic rings. The van der Waals surface area contributed by atoms with Gasteiger partial charge in [-0.2, -0.15) is 0 Å². The van der Waals surface area contributed by atoms with Gasteiger partial charge >= 0.3 is 19.1 Å². The number of rotatable bonds is 4. The van der Waals surface area contributed by atoms with Gasteiger partial charge in [-0.05, 0) is 43.7 Å². The summed E-state index contributed by atoms with van der Waals surface area (Å²) >= 11 is 0. The van der Waals surface area contributed by atoms with Gasteiger partial charge in [-0.15, -0.1) is 0 Å². The fraction of sp³-hybridized carbons (Fsp3) is 0.474. The molecule has 1 spiro atoms. The Kier molecular flexibility index (Phi) is 5.37. The van der Waals surface area contributed by atoms with Crippen molar-refractivity contribution in [2.24, 2.45) is 16.5 Å². The van der Waals surface area contributed by atoms with E-state index in [-0.39, 0.29) is 35.5 Å². The summed E-state index contributed by atoms with van der Waals surface area (Å²) in [6.07, 6.45) is 1.79. The number of guanidine groups is 1. The number of aliphatic imine (C=N–C) groups is 1. The van der Waals surface area contributed by atoms with Crippen LogP contribution in [0.5, 0.6) is 11.5 Å². The smallest absolute Gasteiger partial charge is 0.534 e. The third-order valence-electron chi connectivity index (χ3n) is 6.30. The molecule has 13 heteroatoms. The van der Waals surface area contributed by atoms with Crippen molar-refractivity contribution >= 4 is 31.0 Å². The predicted octanol–water partition coefficient (Wildman–Crippen LogP) is -0.777. The molecule has 1 atom stereocenters. The SMILES string of the molecule is COc1ccc2c(c1C(=O)O)OB(O)[C@@H](N1C(=O)NC3(CCC(N=C(N)N)CC3)C1=O)C2. The van der Waals surface area contributed by atoms with E-state index in [9.17, 15) is 24.5 Å². The van der Waals surface area contributed by atoms with Crippen LogP contribution in [0.1, 0.15) is 41.6 Å². The van der Waals surface area contributed by atoms with Crippen molar-refractivity contribution < 1.29 is 33.9 Å². The minimum absolute atomic E-state index is 0.0205. The van der Waals surface area contributed by atoms with Gasteiger partial charge in [0.05, 0.1) is 19.1 Å². The number of imide groups is 1. The number of fused-ring (bicyclic) bond motifs is 1. The Morgan fingerprint density at radius 1 is 1.34 bits per heavy atom. The number of methoxy groups -OCH3 is 1. The van der Waals surface area contributed by atoms with Crippen LogP contribution in [0.3, 0.4) is 0 Å². The first-order valence-corrected chi connectivity index (χ1v) is 10.2. The zero-order valence-corrected chi connectivity index (χ0v) is 17.4. The number of urea groups is 1. The summed E-state index contributed by atoms with van der Waals surface area (Å²) in [5.41, 5.74) is 10.00. The second kappa shape index (κ2) is 7.90. The summed E-state index contributed by atoms with van der Waals surface area (Å²) in [4.78, 5) is 42.9. The molecule has 0 bridgehead atoms. The maximum absolute atomic E-state index is 13.3. The fourth-order valence-electron chi connectivity index (χ4n) is 4.74. The summed E-state index contributed by atoms with van der Waals surface area (Å²) in [6, 6.07) is 2.31. The molecular weight excluding hydrogens is 421 g/mol. The van der Waals surface area contributed by atoms with E-state index in [1.54, 1.807) is 6.07 Å². The third-order valence-corrected chi connectivity index (χ3v) is 6.30. The van der Waals surface area contributed by atoms with Crippen LogP contribution in [0.15, 0.2) is 17.1 Å². The van der Waals surface area contributed by atoms with Gasteiger partial charge in [-0.3, -0.25) is 14.7 Å². The van der Waals surface area contributed by atoms with Crippen molar-refractivity contribution in [2.75, 3.05) is 7.11 Å². The molecule has 7 N–H and O–H groups in total. The second-order valence-electron chi connectivity index (χ2n) is 8.19. The number of hydrogen-bond donors (Lipinski definition) is 5. The molecule has 2 heterocycles. The molecule has 12 nitrogen and oxygen atoms in total. The van der Waals surface area contributed by atoms with Crippen molar-refractivity contribution in [1.82, 2.24) is 10.2 Å². The average molecular weight is 445 g/mol. The first-order valence-electron chi connectivity index (χ1n) is 10.2. The van der Waals surface area contributed by atoms with Gasteiger partial charge in [0.15, 0.2) is 5.96 Å². The highest BCUT2D eigenvalue weighted by Gasteiger charge is 2.57. The first-order chi connectivity index (χ1) is 15.2. The van der Waals surface area contributed by atoms with Crippen LogP contribution < -0.4 is 26.2 Å². The number of carbonyl (C=O) groups is 3. The number of nitrogens with two attached hydrogens (primary N) is 2. The zero-order chi connectivity index (χ0) is 23.2. The fourth-order valence-corrected chi connectivity index (χ4v) is 4.74. The number of hydrogen-bond acceptors (Lipinski definition) is 7. The minimum atomic E-state index is -1.60. The van der Waals surface area contributed by atoms with Crippen molar-refractivity contribution in [3.05, 3.63) is 23.3 Å². The predicted molar refractivity (Wildman–Crippen MR) is 112 cm³/mol. The number of carbonyl (C=O) groups excluding carboxylic acids is 2. The summed E-state index contributed by atoms with van der Waals surface area (Å²) in [5.74, 6) is -2.73. The van der Waals surface area contributed by atoms with Gasteiger partial charge in [0, 0.05) is 0 Å². The van der Waals surface area contributed by atoms with E-state index >= 15 is 0 Å². The second-order valence-corrected chi connectivity index (χ2v) is 8.19. The lowest BCUT2D eigenvalue weighted by Gasteiger charge is -2.35. The quantitative estimate of drug-likeness (QED) is 0.171. The highest BCUT2D eigenvalue weighted by atomic mass is 16.5. The van der Waals surface area contributed by atoms with Crippen LogP contribution in [-0.2, 0) is 11.2 Å². The molecule has 1 saturated heterocycles. The summed E-state index contributed by atoms with van der Waals surface area (Å²) in [6.45, 7) is 0. The number of amides is 3. The largest absolute Gasteiger partial charge is 0.547 e. The van der Waals surface area contributed by atoms with E-state index in [1.807, 2.05) is 0 Å². The lowest BCUT2D eigenvalue weighted by Crippen LogP contribution is -2.57. The third kappa shape index (κ3) is 3.47. The van der Waals surface area contributed by atoms with Gasteiger partial charge < -0.3 is 36.3 Å². The molecule has 3 aliphatic rings. The van der Waals surface area contributed by atoms with Gasteiger partial charge in [0.2, 0.25) is 0 Å². The zero-order valence-electron chi connectivity index (χ0n) is 17.4. The van der Waals surface area contributed by atoms with Crippen molar-refractivity contribution in [3.8, 4) is 11.5 Å². The van der Waals surface area contributed by atoms with Gasteiger partial charge in [-0.1, -0.05) is 6.07 Å². The maximum Gasteiger partial charge on any atom is 0.547 e. The molecule has 1 aromatic carbocycles. The average Bonchev–Trinajstić information content (AvgIpc) is 2.97. The van der Waals surface area contributed by atoms with Gasteiger partial charge in [-0.25, -0.2) is 9.59 Å². The van der Waals surface area contributed by atoms with E-state index < -0.39 is 36.5 Å². The summed E-state index contributed by atoms with van der Waals surface area (Å²) in [5, 5.41) is 23.0. The van der Waals surface area contributed by atoms with Gasteiger partial charge in [0.25, 0.3) is 5.91 Å². The molecule has 32 heavy (non-hydrogen) atoms. The van der Waals surface area contributed by atoms with E-state index in [2.05, 4.69) is 10.3 Å². The molecule has 2 fully saturated rings. The van der Waals surface area contributed by atoms with E-state index in [1.165, 1.54) is 13.2 Å². The number of carboxylic acids is 1. The Labute approximate surface area is 183 Å². The Balaban J connectivity index is 1.58. The number of nitrogens with zero attached hydrogens (tertiary/aromatic N) is 2. The number of benzene rings is 1. The van der Waals surface area contributed by atoms with Crippen LogP contribution in [0.2, 0.25) is 0 Å². The van der Waals surface area contributed by atoms with Crippen LogP contribution in [0, 0.1) is 0 Å². The number of carboxylic acid groups (broad SMARTS) is 1. The highest BCUT2D eigenvalue weighted by molar-refractivity contribution is 6.47. The van der Waals surface area contributed by atoms with Crippen molar-refractivity contribution in [1.29, 1.82) is 0 Å². The van der Waals surface area contributed by atoms with Gasteiger partial charge in [0.1, 0.15) is 22.6 Å². The molecule has 4 rings (SSSR count). The van der Waals surface area contributed by atoms with E-state index in [0.717, 1.165) is 4.90 Å². The summed E-state index contributed by atoms with van der Waals surface area (Å²) < 4.78 is 10.6. The Morgan fingerprint density at radius 3 is 2.62 bits per heavy atom. The molecular formula is C19H24BN5O7. The van der Waals surface area contributed by atoms with Crippen LogP contribution in [0.25, 0.3) is 0 Å². The molecule has 1 aliphatic carbocycles. The maximum atomic E-state index is 13.3. The molecule has 0 aromatic heterocycles. The van der Waals surface area contributed by atoms with Crippen LogP contribution in [-0.4, -0.2) is 70.6 Å². The van der Waals surface area contributed by atoms with E-state index in [0.29, 0.717) is 31.2 Å². The molecule has 3 amide bonds. The molecule has 0 unspecified atom stereocenters. The minimum Gasteiger partial charge on any atom is -0.534 e. The number of aromatic carboxylic acids is 1. The Bertz CT molecular complexity index is 1000. The lowest BCUT2D eigenvalue weighted by atomic mass is 9.70. The van der Waals surface area contributed by atoms with Crippen LogP contribution >= 0.6 is 0 Å². The van der Waals surface area contributed by atoms with Crippen molar-refractivity contribution in [3.63, 3.8) is 0 Å². The summed E-state index contributed by atoms with van der Waals surface area (Å²) in [7, 11) is -0.277. The highest BCUT2D eigenvalue weighted by Crippen LogP contribution is 2.40. The van der Waals surface area contributed by atoms with E-state index in [4.69, 9.17) is 20.9 Å². The molecule has 1 saturated carbocycles. The Morgan fingerprint density at radius 2 is 2.03 bits per heavy atom. The first kappa shape index (κ1) is 21.7. The topological polar surface area (TPSA) is 190 Å². The van der Waals surface area contributed by atoms with Crippen LogP contribution in [0.4, 0.5) is 4.79 Å². The number of nitrogens with one attached hydrogen (secondary N) is 1. The molecule has 0 radical (unpaired) electrons. The normalized spacial score (nSPS) is 26.9. The standard InChI is InChI=1S/C19H24BN5O7/c1-31-11-3-2-9-8-12(20(30)32-14(9)13(11)15(26)27)25-16(28)19(24-18(25)29)6-4-10(5-7-19)23-17(21)22/h2-3,10,12,30H,4-8H2,1H3,(H,24,29)(H,26,27)(H4,21,22,23)/t10?,12-,19?/m0/s1. The molecule has 2 aliphatic heterocycles. The Hall–Kier alpha value is -3.48. The molecule has 170 valence electrons. The monoisotopic (exact) mass is 445 g/mol.